The Labute approximate surface area is 170 Å². The van der Waals surface area contributed by atoms with Gasteiger partial charge in [-0.2, -0.15) is 0 Å². The van der Waals surface area contributed by atoms with Gasteiger partial charge in [-0.05, 0) is 24.1 Å². The zero-order chi connectivity index (χ0) is 20.4. The average molecular weight is 394 g/mol. The average Bonchev–Trinajstić information content (AvgIpc) is 3.23. The van der Waals surface area contributed by atoms with Gasteiger partial charge in [0.1, 0.15) is 11.6 Å². The van der Waals surface area contributed by atoms with Crippen molar-refractivity contribution in [2.75, 3.05) is 26.7 Å². The molecule has 2 aliphatic heterocycles. The predicted molar refractivity (Wildman–Crippen MR) is 107 cm³/mol. The third kappa shape index (κ3) is 4.23. The van der Waals surface area contributed by atoms with Gasteiger partial charge in [-0.25, -0.2) is 9.97 Å². The number of hydrogen-bond acceptors (Lipinski definition) is 5. The number of carbonyl (C=O) groups excluding carboxylic acids is 2. The van der Waals surface area contributed by atoms with Crippen molar-refractivity contribution in [3.05, 3.63) is 53.1 Å². The lowest BCUT2D eigenvalue weighted by molar-refractivity contribution is -0.130. The van der Waals surface area contributed by atoms with Gasteiger partial charge < -0.3 is 14.5 Å². The van der Waals surface area contributed by atoms with Gasteiger partial charge in [-0.1, -0.05) is 12.1 Å². The smallest absolute Gasteiger partial charge is 0.227 e. The Morgan fingerprint density at radius 3 is 2.90 bits per heavy atom. The number of hydrogen-bond donors (Lipinski definition) is 0. The minimum atomic E-state index is 0.0840. The summed E-state index contributed by atoms with van der Waals surface area (Å²) >= 11 is 0. The minimum Gasteiger partial charge on any atom is -0.497 e. The first-order valence-electron chi connectivity index (χ1n) is 10.0. The molecule has 1 fully saturated rings. The monoisotopic (exact) mass is 394 g/mol. The van der Waals surface area contributed by atoms with Gasteiger partial charge in [0.15, 0.2) is 0 Å². The largest absolute Gasteiger partial charge is 0.497 e. The molecule has 3 heterocycles. The predicted octanol–water partition coefficient (Wildman–Crippen LogP) is 1.95. The van der Waals surface area contributed by atoms with E-state index in [1.54, 1.807) is 14.0 Å². The highest BCUT2D eigenvalue weighted by atomic mass is 16.5. The van der Waals surface area contributed by atoms with E-state index in [0.717, 1.165) is 47.8 Å². The highest BCUT2D eigenvalue weighted by molar-refractivity contribution is 5.79. The van der Waals surface area contributed by atoms with Crippen LogP contribution in [0, 0.1) is 0 Å². The molecular formula is C22H26N4O3. The number of carbonyl (C=O) groups is 2. The number of nitrogens with zero attached hydrogens (tertiary/aromatic N) is 4. The van der Waals surface area contributed by atoms with Crippen LogP contribution in [-0.2, 0) is 29.0 Å². The maximum atomic E-state index is 12.7. The molecule has 0 spiro atoms. The van der Waals surface area contributed by atoms with E-state index in [1.165, 1.54) is 0 Å². The molecule has 1 atom stereocenters. The number of amides is 2. The van der Waals surface area contributed by atoms with E-state index in [9.17, 15) is 9.59 Å². The number of likely N-dealkylation sites (tertiary alicyclic amines) is 1. The summed E-state index contributed by atoms with van der Waals surface area (Å²) in [6.07, 6.45) is 3.86. The molecule has 29 heavy (non-hydrogen) atoms. The van der Waals surface area contributed by atoms with Gasteiger partial charge in [0.05, 0.1) is 19.2 Å². The minimum absolute atomic E-state index is 0.0840. The molecule has 2 aromatic rings. The van der Waals surface area contributed by atoms with Crippen LogP contribution in [-0.4, -0.2) is 58.3 Å². The van der Waals surface area contributed by atoms with Gasteiger partial charge in [-0.3, -0.25) is 9.59 Å². The zero-order valence-electron chi connectivity index (χ0n) is 16.9. The van der Waals surface area contributed by atoms with Crippen molar-refractivity contribution < 1.29 is 14.3 Å². The summed E-state index contributed by atoms with van der Waals surface area (Å²) < 4.78 is 5.24. The zero-order valence-corrected chi connectivity index (χ0v) is 16.9. The molecule has 7 heteroatoms. The highest BCUT2D eigenvalue weighted by Gasteiger charge is 2.30. The number of benzene rings is 1. The Hall–Kier alpha value is -2.96. The van der Waals surface area contributed by atoms with E-state index in [0.29, 0.717) is 26.1 Å². The summed E-state index contributed by atoms with van der Waals surface area (Å²) in [5, 5.41) is 0. The first-order valence-corrected chi connectivity index (χ1v) is 10.0. The van der Waals surface area contributed by atoms with Crippen LogP contribution in [0.4, 0.5) is 0 Å². The van der Waals surface area contributed by atoms with Gasteiger partial charge in [0.25, 0.3) is 0 Å². The van der Waals surface area contributed by atoms with Crippen LogP contribution in [0.3, 0.4) is 0 Å². The molecule has 0 N–H and O–H groups in total. The quantitative estimate of drug-likeness (QED) is 0.792. The molecule has 1 unspecified atom stereocenters. The van der Waals surface area contributed by atoms with Crippen LogP contribution in [0.5, 0.6) is 5.75 Å². The van der Waals surface area contributed by atoms with Gasteiger partial charge >= 0.3 is 0 Å². The molecule has 1 saturated heterocycles. The van der Waals surface area contributed by atoms with Crippen molar-refractivity contribution in [3.8, 4) is 5.75 Å². The van der Waals surface area contributed by atoms with Gasteiger partial charge in [-0.15, -0.1) is 0 Å². The summed E-state index contributed by atoms with van der Waals surface area (Å²) in [5.74, 6) is 1.95. The Balaban J connectivity index is 1.39. The lowest BCUT2D eigenvalue weighted by Crippen LogP contribution is -2.35. The van der Waals surface area contributed by atoms with E-state index in [4.69, 9.17) is 9.72 Å². The molecule has 4 rings (SSSR count). The summed E-state index contributed by atoms with van der Waals surface area (Å²) in [5.41, 5.74) is 3.02. The second-order valence-corrected chi connectivity index (χ2v) is 7.74. The van der Waals surface area contributed by atoms with E-state index >= 15 is 0 Å². The SMILES string of the molecule is COc1cccc(CC(=O)N2CCC(c3ncc4c(n3)CCN(C(C)=O)C4)C2)c1. The third-order valence-corrected chi connectivity index (χ3v) is 5.79. The van der Waals surface area contributed by atoms with Crippen LogP contribution in [0.2, 0.25) is 0 Å². The molecular weight excluding hydrogens is 368 g/mol. The number of aromatic nitrogens is 2. The van der Waals surface area contributed by atoms with Crippen LogP contribution < -0.4 is 4.74 Å². The van der Waals surface area contributed by atoms with Gasteiger partial charge in [0.2, 0.25) is 11.8 Å². The first kappa shape index (κ1) is 19.4. The molecule has 2 amide bonds. The highest BCUT2D eigenvalue weighted by Crippen LogP contribution is 2.27. The normalized spacial score (nSPS) is 18.5. The van der Waals surface area contributed by atoms with E-state index in [1.807, 2.05) is 40.3 Å². The first-order chi connectivity index (χ1) is 14.0. The van der Waals surface area contributed by atoms with Crippen molar-refractivity contribution in [2.45, 2.75) is 38.6 Å². The molecule has 2 aliphatic rings. The molecule has 0 saturated carbocycles. The Morgan fingerprint density at radius 2 is 2.10 bits per heavy atom. The van der Waals surface area contributed by atoms with Gasteiger partial charge in [0, 0.05) is 57.2 Å². The second-order valence-electron chi connectivity index (χ2n) is 7.74. The fraction of sp³-hybridized carbons (Fsp3) is 0.455. The number of fused-ring (bicyclic) bond motifs is 1. The summed E-state index contributed by atoms with van der Waals surface area (Å²) in [4.78, 5) is 37.4. The summed E-state index contributed by atoms with van der Waals surface area (Å²) in [7, 11) is 1.63. The van der Waals surface area contributed by atoms with Crippen LogP contribution >= 0.6 is 0 Å². The maximum absolute atomic E-state index is 12.7. The number of ether oxygens (including phenoxy) is 1. The molecule has 152 valence electrons. The van der Waals surface area contributed by atoms with Crippen molar-refractivity contribution >= 4 is 11.8 Å². The molecule has 1 aromatic heterocycles. The molecule has 7 nitrogen and oxygen atoms in total. The third-order valence-electron chi connectivity index (χ3n) is 5.79. The van der Waals surface area contributed by atoms with Crippen molar-refractivity contribution in [3.63, 3.8) is 0 Å². The number of rotatable bonds is 4. The van der Waals surface area contributed by atoms with E-state index in [-0.39, 0.29) is 17.7 Å². The topological polar surface area (TPSA) is 75.6 Å². The molecule has 0 radical (unpaired) electrons. The number of methoxy groups -OCH3 is 1. The van der Waals surface area contributed by atoms with Crippen LogP contribution in [0.1, 0.15) is 41.9 Å². The Morgan fingerprint density at radius 1 is 1.24 bits per heavy atom. The summed E-state index contributed by atoms with van der Waals surface area (Å²) in [6.45, 7) is 4.26. The van der Waals surface area contributed by atoms with Crippen molar-refractivity contribution in [2.24, 2.45) is 0 Å². The second kappa shape index (κ2) is 8.19. The summed E-state index contributed by atoms with van der Waals surface area (Å²) in [6, 6.07) is 7.64. The van der Waals surface area contributed by atoms with Crippen molar-refractivity contribution in [1.82, 2.24) is 19.8 Å². The fourth-order valence-corrected chi connectivity index (χ4v) is 4.06. The molecule has 0 bridgehead atoms. The van der Waals surface area contributed by atoms with Crippen LogP contribution in [0.15, 0.2) is 30.5 Å². The van der Waals surface area contributed by atoms with E-state index < -0.39 is 0 Å². The molecule has 1 aromatic carbocycles. The maximum Gasteiger partial charge on any atom is 0.227 e. The lowest BCUT2D eigenvalue weighted by atomic mass is 10.0. The van der Waals surface area contributed by atoms with E-state index in [2.05, 4.69) is 4.98 Å². The molecule has 0 aliphatic carbocycles. The van der Waals surface area contributed by atoms with Crippen molar-refractivity contribution in [1.29, 1.82) is 0 Å². The van der Waals surface area contributed by atoms with Crippen LogP contribution in [0.25, 0.3) is 0 Å². The lowest BCUT2D eigenvalue weighted by Gasteiger charge is -2.27. The Kier molecular flexibility index (Phi) is 5.47. The fourth-order valence-electron chi connectivity index (χ4n) is 4.06. The Bertz CT molecular complexity index is 930. The standard InChI is InChI=1S/C22H26N4O3/c1-15(27)25-9-7-20-18(14-25)12-23-22(24-20)17-6-8-26(13-17)21(28)11-16-4-3-5-19(10-16)29-2/h3-5,10,12,17H,6-9,11,13-14H2,1-2H3.